The van der Waals surface area contributed by atoms with Crippen LogP contribution in [0.25, 0.3) is 0 Å². The minimum Gasteiger partial charge on any atom is -0.335 e. The summed E-state index contributed by atoms with van der Waals surface area (Å²) in [5, 5.41) is 5.04. The summed E-state index contributed by atoms with van der Waals surface area (Å²) in [5.41, 5.74) is 2.42. The first-order valence-corrected chi connectivity index (χ1v) is 8.19. The van der Waals surface area contributed by atoms with Gasteiger partial charge >= 0.3 is 6.03 Å². The van der Waals surface area contributed by atoms with E-state index in [0.29, 0.717) is 0 Å². The molecule has 5 nitrogen and oxygen atoms in total. The van der Waals surface area contributed by atoms with Crippen LogP contribution in [0.5, 0.6) is 0 Å². The van der Waals surface area contributed by atoms with Gasteiger partial charge in [-0.05, 0) is 30.9 Å². The van der Waals surface area contributed by atoms with E-state index in [-0.39, 0.29) is 18.5 Å². The third-order valence-corrected chi connectivity index (χ3v) is 3.78. The van der Waals surface area contributed by atoms with Crippen molar-refractivity contribution in [2.24, 2.45) is 0 Å². The highest BCUT2D eigenvalue weighted by molar-refractivity contribution is 5.93. The molecule has 1 aromatic carbocycles. The van der Waals surface area contributed by atoms with E-state index in [1.165, 1.54) is 11.1 Å². The number of imide groups is 1. The molecule has 0 saturated carbocycles. The second-order valence-corrected chi connectivity index (χ2v) is 5.87. The summed E-state index contributed by atoms with van der Waals surface area (Å²) in [6, 6.07) is 13.8. The normalized spacial score (nSPS) is 11.6. The Balaban J connectivity index is 1.85. The molecular formula is C19H24N3O2+. The Morgan fingerprint density at radius 3 is 2.29 bits per heavy atom. The number of aromatic nitrogens is 1. The van der Waals surface area contributed by atoms with Crippen LogP contribution < -0.4 is 15.2 Å². The number of hydrogen-bond donors (Lipinski definition) is 2. The molecule has 126 valence electrons. The Morgan fingerprint density at radius 1 is 1.04 bits per heavy atom. The van der Waals surface area contributed by atoms with Gasteiger partial charge in [-0.3, -0.25) is 10.1 Å². The third kappa shape index (κ3) is 5.83. The van der Waals surface area contributed by atoms with Crippen LogP contribution in [-0.4, -0.2) is 18.0 Å². The van der Waals surface area contributed by atoms with E-state index < -0.39 is 6.03 Å². The molecule has 0 saturated heterocycles. The van der Waals surface area contributed by atoms with Gasteiger partial charge in [0.05, 0.1) is 0 Å². The molecule has 2 rings (SSSR count). The third-order valence-electron chi connectivity index (χ3n) is 3.78. The molecule has 0 bridgehead atoms. The summed E-state index contributed by atoms with van der Waals surface area (Å²) in [6.45, 7) is 3.98. The van der Waals surface area contributed by atoms with Crippen LogP contribution in [0, 0.1) is 0 Å². The van der Waals surface area contributed by atoms with Crippen LogP contribution in [0.1, 0.15) is 31.4 Å². The lowest BCUT2D eigenvalue weighted by molar-refractivity contribution is -0.684. The quantitative estimate of drug-likeness (QED) is 0.799. The van der Waals surface area contributed by atoms with E-state index in [9.17, 15) is 9.59 Å². The summed E-state index contributed by atoms with van der Waals surface area (Å²) in [4.78, 5) is 23.5. The van der Waals surface area contributed by atoms with E-state index in [2.05, 4.69) is 22.8 Å². The molecule has 3 amide bonds. The Hall–Kier alpha value is -2.69. The fraction of sp³-hybridized carbons (Fsp3) is 0.316. The lowest BCUT2D eigenvalue weighted by Crippen LogP contribution is -2.48. The second kappa shape index (κ2) is 8.82. The van der Waals surface area contributed by atoms with Crippen molar-refractivity contribution in [3.8, 4) is 0 Å². The maximum absolute atomic E-state index is 11.9. The molecule has 2 N–H and O–H groups in total. The van der Waals surface area contributed by atoms with Crippen LogP contribution in [0.2, 0.25) is 0 Å². The number of rotatable bonds is 6. The average molecular weight is 326 g/mol. The van der Waals surface area contributed by atoms with Crippen molar-refractivity contribution in [1.29, 1.82) is 0 Å². The molecule has 0 unspecified atom stereocenters. The minimum absolute atomic E-state index is 0.0442. The molecule has 0 aliphatic heterocycles. The number of carbonyl (C=O) groups excluding carboxylic acids is 2. The first-order valence-electron chi connectivity index (χ1n) is 8.19. The van der Waals surface area contributed by atoms with E-state index >= 15 is 0 Å². The van der Waals surface area contributed by atoms with Gasteiger partial charge in [-0.2, -0.15) is 4.57 Å². The molecule has 1 heterocycles. The topological polar surface area (TPSA) is 62.1 Å². The van der Waals surface area contributed by atoms with Crippen molar-refractivity contribution >= 4 is 11.9 Å². The van der Waals surface area contributed by atoms with E-state index in [1.54, 1.807) is 4.57 Å². The van der Waals surface area contributed by atoms with Crippen molar-refractivity contribution in [3.05, 3.63) is 66.0 Å². The van der Waals surface area contributed by atoms with Gasteiger partial charge < -0.3 is 5.32 Å². The number of urea groups is 1. The number of nitrogens with zero attached hydrogens (tertiary/aromatic N) is 1. The maximum atomic E-state index is 11.9. The zero-order valence-corrected chi connectivity index (χ0v) is 14.2. The number of nitrogens with one attached hydrogen (secondary N) is 2. The number of amides is 3. The Bertz CT molecular complexity index is 669. The number of carbonyl (C=O) groups is 2. The molecule has 0 radical (unpaired) electrons. The predicted molar refractivity (Wildman–Crippen MR) is 92.3 cm³/mol. The van der Waals surface area contributed by atoms with Gasteiger partial charge in [0.2, 0.25) is 6.54 Å². The SMILES string of the molecule is CC[C@H](C)NC(=O)NC(=O)C[n+]1ccc(Cc2ccccc2)cc1. The largest absolute Gasteiger partial charge is 0.335 e. The molecule has 0 aliphatic rings. The van der Waals surface area contributed by atoms with Gasteiger partial charge in [0.25, 0.3) is 5.91 Å². The molecule has 5 heteroatoms. The highest BCUT2D eigenvalue weighted by Crippen LogP contribution is 2.07. The van der Waals surface area contributed by atoms with Gasteiger partial charge in [-0.25, -0.2) is 4.79 Å². The predicted octanol–water partition coefficient (Wildman–Crippen LogP) is 2.19. The fourth-order valence-corrected chi connectivity index (χ4v) is 2.24. The first-order chi connectivity index (χ1) is 11.6. The highest BCUT2D eigenvalue weighted by Gasteiger charge is 2.13. The van der Waals surface area contributed by atoms with Gasteiger partial charge in [0, 0.05) is 18.2 Å². The summed E-state index contributed by atoms with van der Waals surface area (Å²) in [5.74, 6) is -0.336. The van der Waals surface area contributed by atoms with Crippen LogP contribution in [0.15, 0.2) is 54.9 Å². The maximum Gasteiger partial charge on any atom is 0.321 e. The molecule has 0 spiro atoms. The lowest BCUT2D eigenvalue weighted by atomic mass is 10.1. The van der Waals surface area contributed by atoms with Gasteiger partial charge in [0.15, 0.2) is 12.4 Å². The van der Waals surface area contributed by atoms with E-state index in [4.69, 9.17) is 0 Å². The monoisotopic (exact) mass is 326 g/mol. The van der Waals surface area contributed by atoms with E-state index in [1.807, 2.05) is 56.6 Å². The van der Waals surface area contributed by atoms with Crippen LogP contribution in [-0.2, 0) is 17.8 Å². The lowest BCUT2D eigenvalue weighted by Gasteiger charge is -2.10. The Labute approximate surface area is 142 Å². The van der Waals surface area contributed by atoms with Crippen molar-refractivity contribution in [3.63, 3.8) is 0 Å². The first kappa shape index (κ1) is 17.7. The van der Waals surface area contributed by atoms with Crippen molar-refractivity contribution in [2.45, 2.75) is 39.3 Å². The van der Waals surface area contributed by atoms with Gasteiger partial charge in [0.1, 0.15) is 0 Å². The molecule has 1 atom stereocenters. The fourth-order valence-electron chi connectivity index (χ4n) is 2.24. The zero-order valence-electron chi connectivity index (χ0n) is 14.2. The summed E-state index contributed by atoms with van der Waals surface area (Å²) in [6.07, 6.45) is 5.37. The van der Waals surface area contributed by atoms with Crippen molar-refractivity contribution in [1.82, 2.24) is 10.6 Å². The molecule has 1 aromatic heterocycles. The van der Waals surface area contributed by atoms with E-state index in [0.717, 1.165) is 12.8 Å². The van der Waals surface area contributed by atoms with Crippen molar-refractivity contribution in [2.75, 3.05) is 0 Å². The number of pyridine rings is 1. The second-order valence-electron chi connectivity index (χ2n) is 5.87. The highest BCUT2D eigenvalue weighted by atomic mass is 16.2. The molecule has 0 fully saturated rings. The molecule has 0 aliphatic carbocycles. The molecule has 2 aromatic rings. The Kier molecular flexibility index (Phi) is 6.49. The standard InChI is InChI=1S/C19H23N3O2/c1-3-15(2)20-19(24)21-18(23)14-22-11-9-17(10-12-22)13-16-7-5-4-6-8-16/h4-12,15H,3,13-14H2,1-2H3,(H-,20,21,23,24)/p+1/t15-/m0/s1. The van der Waals surface area contributed by atoms with Crippen LogP contribution >= 0.6 is 0 Å². The van der Waals surface area contributed by atoms with Crippen molar-refractivity contribution < 1.29 is 14.2 Å². The average Bonchev–Trinajstić information content (AvgIpc) is 2.57. The van der Waals surface area contributed by atoms with Crippen LogP contribution in [0.4, 0.5) is 4.79 Å². The number of hydrogen-bond acceptors (Lipinski definition) is 2. The summed E-state index contributed by atoms with van der Waals surface area (Å²) in [7, 11) is 0. The molecule has 24 heavy (non-hydrogen) atoms. The molecular weight excluding hydrogens is 302 g/mol. The minimum atomic E-state index is -0.448. The Morgan fingerprint density at radius 2 is 1.67 bits per heavy atom. The summed E-state index contributed by atoms with van der Waals surface area (Å²) < 4.78 is 1.75. The van der Waals surface area contributed by atoms with Crippen LogP contribution in [0.3, 0.4) is 0 Å². The zero-order chi connectivity index (χ0) is 17.4. The van der Waals surface area contributed by atoms with Gasteiger partial charge in [-0.1, -0.05) is 37.3 Å². The van der Waals surface area contributed by atoms with Gasteiger partial charge in [-0.15, -0.1) is 0 Å². The number of benzene rings is 1. The smallest absolute Gasteiger partial charge is 0.321 e. The summed E-state index contributed by atoms with van der Waals surface area (Å²) >= 11 is 0.